The lowest BCUT2D eigenvalue weighted by Crippen LogP contribution is -2.32. The topological polar surface area (TPSA) is 46.6 Å². The van der Waals surface area contributed by atoms with Crippen LogP contribution >= 0.6 is 0 Å². The molecule has 1 saturated heterocycles. The molecule has 1 rings (SSSR count). The summed E-state index contributed by atoms with van der Waals surface area (Å²) in [6.45, 7) is 8.31. The van der Waals surface area contributed by atoms with Crippen LogP contribution in [0.4, 0.5) is 0 Å². The van der Waals surface area contributed by atoms with Crippen molar-refractivity contribution in [1.82, 2.24) is 4.90 Å². The number of carbonyl (C=O) groups is 2. The number of hydrogen-bond donors (Lipinski definition) is 0. The van der Waals surface area contributed by atoms with Gasteiger partial charge in [0, 0.05) is 19.5 Å². The van der Waals surface area contributed by atoms with E-state index in [2.05, 4.69) is 20.8 Å². The van der Waals surface area contributed by atoms with E-state index < -0.39 is 0 Å². The van der Waals surface area contributed by atoms with E-state index in [1.165, 1.54) is 19.3 Å². The second-order valence-corrected chi connectivity index (χ2v) is 6.52. The monoisotopic (exact) mass is 311 g/mol. The van der Waals surface area contributed by atoms with Crippen molar-refractivity contribution in [3.05, 3.63) is 0 Å². The molecule has 0 N–H and O–H groups in total. The molecule has 22 heavy (non-hydrogen) atoms. The Bertz CT molecular complexity index is 343. The smallest absolute Gasteiger partial charge is 0.311 e. The number of unbranched alkanes of at least 4 members (excludes halogenated alkanes) is 2. The van der Waals surface area contributed by atoms with E-state index in [9.17, 15) is 9.59 Å². The lowest BCUT2D eigenvalue weighted by atomic mass is 9.96. The molecule has 2 atom stereocenters. The second kappa shape index (κ2) is 10.6. The van der Waals surface area contributed by atoms with Crippen LogP contribution in [0.25, 0.3) is 0 Å². The fourth-order valence-electron chi connectivity index (χ4n) is 3.08. The summed E-state index contributed by atoms with van der Waals surface area (Å²) in [4.78, 5) is 26.0. The van der Waals surface area contributed by atoms with E-state index in [0.29, 0.717) is 25.5 Å². The van der Waals surface area contributed by atoms with Crippen molar-refractivity contribution >= 4 is 11.9 Å². The summed E-state index contributed by atoms with van der Waals surface area (Å²) in [5.41, 5.74) is 0. The maximum Gasteiger partial charge on any atom is 0.311 e. The molecule has 128 valence electrons. The largest absolute Gasteiger partial charge is 0.465 e. The van der Waals surface area contributed by atoms with E-state index in [-0.39, 0.29) is 17.8 Å². The molecular formula is C18H33NO3. The van der Waals surface area contributed by atoms with Crippen LogP contribution < -0.4 is 0 Å². The van der Waals surface area contributed by atoms with Gasteiger partial charge in [-0.25, -0.2) is 0 Å². The van der Waals surface area contributed by atoms with Gasteiger partial charge in [0.1, 0.15) is 0 Å². The number of hydrogen-bond acceptors (Lipinski definition) is 3. The minimum atomic E-state index is -0.252. The number of ether oxygens (including phenoxy) is 1. The third-order valence-electron chi connectivity index (χ3n) is 4.43. The molecule has 0 aromatic carbocycles. The van der Waals surface area contributed by atoms with Gasteiger partial charge < -0.3 is 9.64 Å². The highest BCUT2D eigenvalue weighted by molar-refractivity contribution is 5.86. The molecule has 0 radical (unpaired) electrons. The number of carbonyl (C=O) groups excluding carboxylic acids is 2. The van der Waals surface area contributed by atoms with Gasteiger partial charge in [-0.1, -0.05) is 46.5 Å². The Morgan fingerprint density at radius 2 is 1.91 bits per heavy atom. The van der Waals surface area contributed by atoms with Crippen molar-refractivity contribution in [3.63, 3.8) is 0 Å². The summed E-state index contributed by atoms with van der Waals surface area (Å²) in [5, 5.41) is 0. The standard InChI is InChI=1S/C18H33NO3/c1-4-7-10-15(9-6-3)13-19-14-16(12-17(19)20)18(21)22-11-8-5-2/h15-16H,4-14H2,1-3H3. The first-order valence-corrected chi connectivity index (χ1v) is 9.06. The van der Waals surface area contributed by atoms with Crippen molar-refractivity contribution in [2.24, 2.45) is 11.8 Å². The van der Waals surface area contributed by atoms with Crippen LogP contribution in [0.2, 0.25) is 0 Å². The van der Waals surface area contributed by atoms with Gasteiger partial charge in [-0.05, 0) is 25.2 Å². The summed E-state index contributed by atoms with van der Waals surface area (Å²) in [7, 11) is 0. The molecule has 1 amide bonds. The minimum absolute atomic E-state index is 0.120. The van der Waals surface area contributed by atoms with Crippen LogP contribution in [-0.2, 0) is 14.3 Å². The third kappa shape index (κ3) is 6.37. The van der Waals surface area contributed by atoms with Gasteiger partial charge in [0.05, 0.1) is 12.5 Å². The van der Waals surface area contributed by atoms with E-state index >= 15 is 0 Å². The number of rotatable bonds is 11. The van der Waals surface area contributed by atoms with Gasteiger partial charge in [-0.3, -0.25) is 9.59 Å². The number of amides is 1. The zero-order valence-electron chi connectivity index (χ0n) is 14.6. The van der Waals surface area contributed by atoms with Gasteiger partial charge in [0.2, 0.25) is 5.91 Å². The summed E-state index contributed by atoms with van der Waals surface area (Å²) in [5.74, 6) is 0.251. The van der Waals surface area contributed by atoms with Crippen molar-refractivity contribution in [1.29, 1.82) is 0 Å². The maximum absolute atomic E-state index is 12.2. The average Bonchev–Trinajstić information content (AvgIpc) is 2.86. The third-order valence-corrected chi connectivity index (χ3v) is 4.43. The summed E-state index contributed by atoms with van der Waals surface area (Å²) >= 11 is 0. The fourth-order valence-corrected chi connectivity index (χ4v) is 3.08. The molecule has 4 heteroatoms. The zero-order chi connectivity index (χ0) is 16.4. The highest BCUT2D eigenvalue weighted by atomic mass is 16.5. The number of esters is 1. The molecule has 0 spiro atoms. The molecule has 0 aliphatic carbocycles. The van der Waals surface area contributed by atoms with Crippen molar-refractivity contribution in [2.75, 3.05) is 19.7 Å². The highest BCUT2D eigenvalue weighted by Gasteiger charge is 2.35. The van der Waals surface area contributed by atoms with E-state index in [4.69, 9.17) is 4.74 Å². The predicted molar refractivity (Wildman–Crippen MR) is 88.5 cm³/mol. The summed E-state index contributed by atoms with van der Waals surface area (Å²) in [6.07, 6.45) is 8.15. The van der Waals surface area contributed by atoms with Gasteiger partial charge in [-0.2, -0.15) is 0 Å². The first-order chi connectivity index (χ1) is 10.6. The molecular weight excluding hydrogens is 278 g/mol. The van der Waals surface area contributed by atoms with Crippen molar-refractivity contribution in [2.45, 2.75) is 72.1 Å². The van der Waals surface area contributed by atoms with E-state index in [0.717, 1.165) is 32.2 Å². The normalized spacial score (nSPS) is 19.5. The molecule has 0 bridgehead atoms. The zero-order valence-corrected chi connectivity index (χ0v) is 14.6. The lowest BCUT2D eigenvalue weighted by Gasteiger charge is -2.23. The van der Waals surface area contributed by atoms with Crippen molar-refractivity contribution in [3.8, 4) is 0 Å². The SMILES string of the molecule is CCCCOC(=O)C1CC(=O)N(CC(CCC)CCCC)C1. The molecule has 1 aliphatic rings. The van der Waals surface area contributed by atoms with Gasteiger partial charge in [-0.15, -0.1) is 0 Å². The Morgan fingerprint density at radius 3 is 2.55 bits per heavy atom. The van der Waals surface area contributed by atoms with Gasteiger partial charge in [0.15, 0.2) is 0 Å². The maximum atomic E-state index is 12.2. The molecule has 0 saturated carbocycles. The molecule has 1 heterocycles. The lowest BCUT2D eigenvalue weighted by molar-refractivity contribution is -0.148. The highest BCUT2D eigenvalue weighted by Crippen LogP contribution is 2.24. The Hall–Kier alpha value is -1.06. The summed E-state index contributed by atoms with van der Waals surface area (Å²) < 4.78 is 5.26. The molecule has 4 nitrogen and oxygen atoms in total. The molecule has 0 aromatic rings. The Morgan fingerprint density at radius 1 is 1.18 bits per heavy atom. The van der Waals surface area contributed by atoms with E-state index in [1.807, 2.05) is 4.90 Å². The molecule has 2 unspecified atom stereocenters. The Labute approximate surface area is 135 Å². The van der Waals surface area contributed by atoms with Crippen LogP contribution in [0, 0.1) is 11.8 Å². The first-order valence-electron chi connectivity index (χ1n) is 9.06. The predicted octanol–water partition coefficient (Wildman–Crippen LogP) is 3.78. The van der Waals surface area contributed by atoms with Crippen LogP contribution in [0.5, 0.6) is 0 Å². The van der Waals surface area contributed by atoms with Gasteiger partial charge >= 0.3 is 5.97 Å². The number of likely N-dealkylation sites (tertiary alicyclic amines) is 1. The average molecular weight is 311 g/mol. The molecule has 0 aromatic heterocycles. The Balaban J connectivity index is 2.44. The minimum Gasteiger partial charge on any atom is -0.465 e. The van der Waals surface area contributed by atoms with Crippen LogP contribution in [0.15, 0.2) is 0 Å². The molecule has 1 fully saturated rings. The first kappa shape index (κ1) is 19.0. The second-order valence-electron chi connectivity index (χ2n) is 6.52. The van der Waals surface area contributed by atoms with E-state index in [1.54, 1.807) is 0 Å². The quantitative estimate of drug-likeness (QED) is 0.431. The van der Waals surface area contributed by atoms with Crippen molar-refractivity contribution < 1.29 is 14.3 Å². The fraction of sp³-hybridized carbons (Fsp3) is 0.889. The van der Waals surface area contributed by atoms with Crippen LogP contribution in [0.1, 0.15) is 72.1 Å². The van der Waals surface area contributed by atoms with Gasteiger partial charge in [0.25, 0.3) is 0 Å². The van der Waals surface area contributed by atoms with Crippen LogP contribution in [0.3, 0.4) is 0 Å². The van der Waals surface area contributed by atoms with Crippen LogP contribution in [-0.4, -0.2) is 36.5 Å². The number of nitrogens with zero attached hydrogens (tertiary/aromatic N) is 1. The summed E-state index contributed by atoms with van der Waals surface area (Å²) in [6, 6.07) is 0. The molecule has 1 aliphatic heterocycles. The Kier molecular flexibility index (Phi) is 9.17.